The molecule has 0 spiro atoms. The summed E-state index contributed by atoms with van der Waals surface area (Å²) >= 11 is 0. The van der Waals surface area contributed by atoms with Crippen LogP contribution < -0.4 is 10.1 Å². The predicted molar refractivity (Wildman–Crippen MR) is 79.2 cm³/mol. The molecule has 0 bridgehead atoms. The summed E-state index contributed by atoms with van der Waals surface area (Å²) in [7, 11) is 1.66. The number of hydrogen-bond acceptors (Lipinski definition) is 4. The zero-order chi connectivity index (χ0) is 14.5. The Morgan fingerprint density at radius 3 is 2.75 bits per heavy atom. The van der Waals surface area contributed by atoms with Gasteiger partial charge in [-0.25, -0.2) is 0 Å². The van der Waals surface area contributed by atoms with Crippen LogP contribution in [0.2, 0.25) is 0 Å². The lowest BCUT2D eigenvalue weighted by molar-refractivity contribution is -0.117. The maximum absolute atomic E-state index is 12.1. The van der Waals surface area contributed by atoms with Crippen LogP contribution in [-0.2, 0) is 11.2 Å². The Morgan fingerprint density at radius 1 is 1.40 bits per heavy atom. The van der Waals surface area contributed by atoms with Crippen molar-refractivity contribution in [1.29, 1.82) is 0 Å². The molecular weight excluding hydrogens is 252 g/mol. The summed E-state index contributed by atoms with van der Waals surface area (Å²) in [6.45, 7) is 4.37. The van der Waals surface area contributed by atoms with E-state index in [1.165, 1.54) is 25.7 Å². The number of nitrogens with zero attached hydrogens (tertiary/aromatic N) is 1. The van der Waals surface area contributed by atoms with Crippen LogP contribution in [-0.4, -0.2) is 30.5 Å². The van der Waals surface area contributed by atoms with Gasteiger partial charge in [0.25, 0.3) is 0 Å². The first kappa shape index (κ1) is 15.0. The molecule has 4 nitrogen and oxygen atoms in total. The van der Waals surface area contributed by atoms with Crippen molar-refractivity contribution < 1.29 is 9.53 Å². The second-order valence-electron chi connectivity index (χ2n) is 5.62. The third kappa shape index (κ3) is 3.57. The number of methoxy groups -OCH3 is 1. The SMILES string of the molecule is COc1c(C)cnc(CC(=O)CNC2CCCC2)c1C. The molecule has 1 saturated carbocycles. The normalized spacial score (nSPS) is 15.6. The highest BCUT2D eigenvalue weighted by Crippen LogP contribution is 2.24. The van der Waals surface area contributed by atoms with Crippen molar-refractivity contribution in [1.82, 2.24) is 10.3 Å². The maximum Gasteiger partial charge on any atom is 0.152 e. The van der Waals surface area contributed by atoms with E-state index < -0.39 is 0 Å². The van der Waals surface area contributed by atoms with Gasteiger partial charge in [-0.3, -0.25) is 9.78 Å². The van der Waals surface area contributed by atoms with Crippen molar-refractivity contribution in [2.45, 2.75) is 52.0 Å². The number of aryl methyl sites for hydroxylation is 1. The van der Waals surface area contributed by atoms with Crippen molar-refractivity contribution in [2.75, 3.05) is 13.7 Å². The van der Waals surface area contributed by atoms with E-state index >= 15 is 0 Å². The highest BCUT2D eigenvalue weighted by atomic mass is 16.5. The first-order valence-corrected chi connectivity index (χ1v) is 7.36. The molecule has 1 N–H and O–H groups in total. The molecule has 2 rings (SSSR count). The monoisotopic (exact) mass is 276 g/mol. The number of hydrogen-bond donors (Lipinski definition) is 1. The van der Waals surface area contributed by atoms with Crippen LogP contribution in [0.1, 0.15) is 42.5 Å². The van der Waals surface area contributed by atoms with E-state index in [0.717, 1.165) is 22.6 Å². The van der Waals surface area contributed by atoms with Crippen LogP contribution in [0.15, 0.2) is 6.20 Å². The van der Waals surface area contributed by atoms with Gasteiger partial charge >= 0.3 is 0 Å². The topological polar surface area (TPSA) is 51.2 Å². The standard InChI is InChI=1S/C16H24N2O2/c1-11-9-18-15(12(2)16(11)20-3)8-14(19)10-17-13-6-4-5-7-13/h9,13,17H,4-8,10H2,1-3H3. The van der Waals surface area contributed by atoms with Gasteiger partial charge < -0.3 is 10.1 Å². The molecule has 1 heterocycles. The van der Waals surface area contributed by atoms with Gasteiger partial charge in [-0.15, -0.1) is 0 Å². The van der Waals surface area contributed by atoms with Gasteiger partial charge in [0.2, 0.25) is 0 Å². The molecule has 1 aliphatic carbocycles. The molecule has 110 valence electrons. The lowest BCUT2D eigenvalue weighted by Gasteiger charge is -2.13. The van der Waals surface area contributed by atoms with Gasteiger partial charge in [-0.05, 0) is 26.7 Å². The van der Waals surface area contributed by atoms with Crippen LogP contribution in [0, 0.1) is 13.8 Å². The van der Waals surface area contributed by atoms with Gasteiger partial charge in [-0.1, -0.05) is 12.8 Å². The summed E-state index contributed by atoms with van der Waals surface area (Å²) in [4.78, 5) is 16.4. The van der Waals surface area contributed by atoms with Crippen LogP contribution in [0.3, 0.4) is 0 Å². The minimum atomic E-state index is 0.193. The van der Waals surface area contributed by atoms with E-state index in [4.69, 9.17) is 4.74 Å². The van der Waals surface area contributed by atoms with Crippen LogP contribution in [0.5, 0.6) is 5.75 Å². The second kappa shape index (κ2) is 6.84. The summed E-state index contributed by atoms with van der Waals surface area (Å²) in [5.41, 5.74) is 2.80. The Hall–Kier alpha value is -1.42. The number of pyridine rings is 1. The second-order valence-corrected chi connectivity index (χ2v) is 5.62. The number of rotatable bonds is 6. The van der Waals surface area contributed by atoms with Crippen LogP contribution >= 0.6 is 0 Å². The Balaban J connectivity index is 1.93. The molecule has 1 aromatic rings. The Labute approximate surface area is 120 Å². The largest absolute Gasteiger partial charge is 0.496 e. The summed E-state index contributed by atoms with van der Waals surface area (Å²) in [5.74, 6) is 1.03. The van der Waals surface area contributed by atoms with Crippen molar-refractivity contribution in [3.05, 3.63) is 23.0 Å². The highest BCUT2D eigenvalue weighted by molar-refractivity contribution is 5.82. The average Bonchev–Trinajstić information content (AvgIpc) is 2.94. The fourth-order valence-electron chi connectivity index (χ4n) is 2.89. The molecule has 4 heteroatoms. The third-order valence-electron chi connectivity index (χ3n) is 4.06. The van der Waals surface area contributed by atoms with Crippen LogP contribution in [0.25, 0.3) is 0 Å². The first-order chi connectivity index (χ1) is 9.61. The van der Waals surface area contributed by atoms with Crippen molar-refractivity contribution in [2.24, 2.45) is 0 Å². The molecule has 0 radical (unpaired) electrons. The third-order valence-corrected chi connectivity index (χ3v) is 4.06. The number of carbonyl (C=O) groups is 1. The molecule has 1 aromatic heterocycles. The maximum atomic E-state index is 12.1. The Kier molecular flexibility index (Phi) is 5.12. The number of nitrogens with one attached hydrogen (secondary N) is 1. The zero-order valence-electron chi connectivity index (χ0n) is 12.7. The van der Waals surface area contributed by atoms with Gasteiger partial charge in [-0.2, -0.15) is 0 Å². The Bertz CT molecular complexity index is 480. The summed E-state index contributed by atoms with van der Waals surface area (Å²) in [6, 6.07) is 0.528. The minimum Gasteiger partial charge on any atom is -0.496 e. The molecule has 1 aliphatic rings. The molecule has 0 amide bonds. The van der Waals surface area contributed by atoms with E-state index in [1.54, 1.807) is 13.3 Å². The molecule has 0 saturated heterocycles. The van der Waals surface area contributed by atoms with E-state index in [0.29, 0.717) is 19.0 Å². The van der Waals surface area contributed by atoms with E-state index in [1.807, 2.05) is 13.8 Å². The molecule has 0 aliphatic heterocycles. The summed E-state index contributed by atoms with van der Waals surface area (Å²) < 4.78 is 5.37. The molecular formula is C16H24N2O2. The summed E-state index contributed by atoms with van der Waals surface area (Å²) in [6.07, 6.45) is 7.11. The predicted octanol–water partition coefficient (Wildman–Crippen LogP) is 2.35. The van der Waals surface area contributed by atoms with Gasteiger partial charge in [0, 0.05) is 23.4 Å². The fourth-order valence-corrected chi connectivity index (χ4v) is 2.89. The number of aromatic nitrogens is 1. The van der Waals surface area contributed by atoms with Crippen molar-refractivity contribution in [3.63, 3.8) is 0 Å². The molecule has 0 unspecified atom stereocenters. The van der Waals surface area contributed by atoms with Crippen molar-refractivity contribution >= 4 is 5.78 Å². The minimum absolute atomic E-state index is 0.193. The molecule has 20 heavy (non-hydrogen) atoms. The number of Topliss-reactive ketones (excluding diaryl/α,β-unsaturated/α-hetero) is 1. The van der Waals surface area contributed by atoms with Crippen LogP contribution in [0.4, 0.5) is 0 Å². The van der Waals surface area contributed by atoms with E-state index in [9.17, 15) is 4.79 Å². The highest BCUT2D eigenvalue weighted by Gasteiger charge is 2.17. The Morgan fingerprint density at radius 2 is 2.10 bits per heavy atom. The number of carbonyl (C=O) groups excluding carboxylic acids is 1. The first-order valence-electron chi connectivity index (χ1n) is 7.36. The van der Waals surface area contributed by atoms with Gasteiger partial charge in [0.15, 0.2) is 5.78 Å². The number of ketones is 1. The van der Waals surface area contributed by atoms with Crippen molar-refractivity contribution in [3.8, 4) is 5.75 Å². The lowest BCUT2D eigenvalue weighted by atomic mass is 10.1. The van der Waals surface area contributed by atoms with Gasteiger partial charge in [0.1, 0.15) is 5.75 Å². The van der Waals surface area contributed by atoms with Gasteiger partial charge in [0.05, 0.1) is 25.8 Å². The smallest absolute Gasteiger partial charge is 0.152 e. The summed E-state index contributed by atoms with van der Waals surface area (Å²) in [5, 5.41) is 3.35. The molecule has 0 atom stereocenters. The van der Waals surface area contributed by atoms with E-state index in [2.05, 4.69) is 10.3 Å². The quantitative estimate of drug-likeness (QED) is 0.866. The lowest BCUT2D eigenvalue weighted by Crippen LogP contribution is -2.32. The number of ether oxygens (including phenoxy) is 1. The molecule has 1 fully saturated rings. The average molecular weight is 276 g/mol. The zero-order valence-corrected chi connectivity index (χ0v) is 12.7. The van der Waals surface area contributed by atoms with E-state index in [-0.39, 0.29) is 5.78 Å². The fraction of sp³-hybridized carbons (Fsp3) is 0.625. The molecule has 0 aromatic carbocycles.